The lowest BCUT2D eigenvalue weighted by Gasteiger charge is -2.21. The fourth-order valence-electron chi connectivity index (χ4n) is 3.06. The first kappa shape index (κ1) is 17.9. The second-order valence-corrected chi connectivity index (χ2v) is 6.59. The average Bonchev–Trinajstić information content (AvgIpc) is 3.09. The molecule has 1 heterocycles. The van der Waals surface area contributed by atoms with Crippen molar-refractivity contribution < 1.29 is 9.32 Å². The van der Waals surface area contributed by atoms with E-state index < -0.39 is 0 Å². The van der Waals surface area contributed by atoms with Crippen LogP contribution < -0.4 is 0 Å². The molecule has 0 N–H and O–H groups in total. The van der Waals surface area contributed by atoms with Gasteiger partial charge >= 0.3 is 0 Å². The van der Waals surface area contributed by atoms with Crippen LogP contribution in [0.5, 0.6) is 0 Å². The molecule has 0 unspecified atom stereocenters. The monoisotopic (exact) mass is 348 g/mol. The molecule has 0 bridgehead atoms. The van der Waals surface area contributed by atoms with Gasteiger partial charge in [0.05, 0.1) is 6.54 Å². The van der Waals surface area contributed by atoms with Gasteiger partial charge in [0.15, 0.2) is 5.76 Å². The Hall–Kier alpha value is -2.88. The van der Waals surface area contributed by atoms with Crippen molar-refractivity contribution in [1.82, 2.24) is 10.1 Å². The Morgan fingerprint density at radius 1 is 1.04 bits per heavy atom. The largest absolute Gasteiger partial charge is 0.356 e. The molecule has 2 aromatic carbocycles. The van der Waals surface area contributed by atoms with Crippen LogP contribution in [0.3, 0.4) is 0 Å². The third-order valence-electron chi connectivity index (χ3n) is 4.43. The lowest BCUT2D eigenvalue weighted by molar-refractivity contribution is -0.132. The molecular formula is C22H24N2O2. The van der Waals surface area contributed by atoms with Gasteiger partial charge < -0.3 is 9.42 Å². The molecule has 3 aromatic rings. The Labute approximate surface area is 154 Å². The molecule has 3 rings (SSSR count). The topological polar surface area (TPSA) is 46.3 Å². The predicted molar refractivity (Wildman–Crippen MR) is 102 cm³/mol. The quantitative estimate of drug-likeness (QED) is 0.637. The van der Waals surface area contributed by atoms with Gasteiger partial charge in [0.25, 0.3) is 0 Å². The van der Waals surface area contributed by atoms with Crippen LogP contribution in [0.1, 0.15) is 35.7 Å². The molecule has 0 atom stereocenters. The molecule has 0 aliphatic carbocycles. The van der Waals surface area contributed by atoms with Gasteiger partial charge in [0.2, 0.25) is 5.91 Å². The summed E-state index contributed by atoms with van der Waals surface area (Å²) in [5.74, 6) is 0.839. The third kappa shape index (κ3) is 4.20. The molecule has 0 spiro atoms. The van der Waals surface area contributed by atoms with Crippen molar-refractivity contribution in [2.75, 3.05) is 0 Å². The summed E-state index contributed by atoms with van der Waals surface area (Å²) in [6, 6.07) is 18.2. The van der Waals surface area contributed by atoms with E-state index in [1.54, 1.807) is 0 Å². The van der Waals surface area contributed by atoms with Gasteiger partial charge in [0.1, 0.15) is 5.69 Å². The predicted octanol–water partition coefficient (Wildman–Crippen LogP) is 4.90. The number of carbonyl (C=O) groups is 1. The highest BCUT2D eigenvalue weighted by Gasteiger charge is 2.16. The number of amides is 1. The van der Waals surface area contributed by atoms with Crippen LogP contribution in [0.25, 0.3) is 11.3 Å². The van der Waals surface area contributed by atoms with Crippen molar-refractivity contribution in [3.05, 3.63) is 77.0 Å². The molecule has 0 saturated carbocycles. The van der Waals surface area contributed by atoms with E-state index in [4.69, 9.17) is 4.52 Å². The summed E-state index contributed by atoms with van der Waals surface area (Å²) < 4.78 is 5.55. The molecule has 0 aliphatic heterocycles. The van der Waals surface area contributed by atoms with Crippen LogP contribution in [-0.4, -0.2) is 16.0 Å². The van der Waals surface area contributed by atoms with E-state index in [0.717, 1.165) is 28.1 Å². The zero-order valence-electron chi connectivity index (χ0n) is 15.5. The van der Waals surface area contributed by atoms with Crippen molar-refractivity contribution in [1.29, 1.82) is 0 Å². The lowest BCUT2D eigenvalue weighted by Crippen LogP contribution is -2.29. The smallest absolute Gasteiger partial charge is 0.222 e. The van der Waals surface area contributed by atoms with Crippen LogP contribution >= 0.6 is 0 Å². The third-order valence-corrected chi connectivity index (χ3v) is 4.43. The van der Waals surface area contributed by atoms with Gasteiger partial charge in [-0.05, 0) is 25.0 Å². The van der Waals surface area contributed by atoms with Crippen molar-refractivity contribution in [2.45, 2.75) is 40.3 Å². The molecule has 0 saturated heterocycles. The van der Waals surface area contributed by atoms with Gasteiger partial charge in [-0.25, -0.2) is 0 Å². The van der Waals surface area contributed by atoms with E-state index in [9.17, 15) is 4.79 Å². The first-order valence-electron chi connectivity index (χ1n) is 8.91. The standard InChI is InChI=1S/C22H24N2O2/c1-4-22(25)24(14-18-8-6-5-7-9-18)15-19-13-21(26-23-19)20-11-10-16(2)12-17(20)3/h5-13H,4,14-15H2,1-3H3. The van der Waals surface area contributed by atoms with Crippen molar-refractivity contribution in [3.63, 3.8) is 0 Å². The summed E-state index contributed by atoms with van der Waals surface area (Å²) >= 11 is 0. The van der Waals surface area contributed by atoms with Crippen LogP contribution in [0, 0.1) is 13.8 Å². The Balaban J connectivity index is 1.79. The zero-order chi connectivity index (χ0) is 18.5. The second kappa shape index (κ2) is 8.00. The fraction of sp³-hybridized carbons (Fsp3) is 0.273. The zero-order valence-corrected chi connectivity index (χ0v) is 15.5. The molecule has 1 aromatic heterocycles. The normalized spacial score (nSPS) is 10.7. The van der Waals surface area contributed by atoms with Gasteiger partial charge in [-0.2, -0.15) is 0 Å². The average molecular weight is 348 g/mol. The SMILES string of the molecule is CCC(=O)N(Cc1ccccc1)Cc1cc(-c2ccc(C)cc2C)on1. The first-order chi connectivity index (χ1) is 12.6. The Bertz CT molecular complexity index is 884. The number of nitrogens with zero attached hydrogens (tertiary/aromatic N) is 2. The van der Waals surface area contributed by atoms with E-state index in [1.807, 2.05) is 54.3 Å². The summed E-state index contributed by atoms with van der Waals surface area (Å²) in [6.07, 6.45) is 0.467. The number of benzene rings is 2. The minimum atomic E-state index is 0.102. The minimum absolute atomic E-state index is 0.102. The maximum Gasteiger partial charge on any atom is 0.222 e. The van der Waals surface area contributed by atoms with Crippen LogP contribution in [0.2, 0.25) is 0 Å². The van der Waals surface area contributed by atoms with Crippen molar-refractivity contribution in [3.8, 4) is 11.3 Å². The van der Waals surface area contributed by atoms with E-state index in [-0.39, 0.29) is 5.91 Å². The van der Waals surface area contributed by atoms with Crippen LogP contribution in [0.15, 0.2) is 59.1 Å². The Morgan fingerprint density at radius 3 is 2.50 bits per heavy atom. The minimum Gasteiger partial charge on any atom is -0.356 e. The molecule has 134 valence electrons. The van der Waals surface area contributed by atoms with Gasteiger partial charge in [0, 0.05) is 24.6 Å². The van der Waals surface area contributed by atoms with Crippen LogP contribution in [-0.2, 0) is 17.9 Å². The van der Waals surface area contributed by atoms with E-state index in [0.29, 0.717) is 19.5 Å². The van der Waals surface area contributed by atoms with E-state index in [1.165, 1.54) is 5.56 Å². The molecule has 0 radical (unpaired) electrons. The molecule has 1 amide bonds. The number of aryl methyl sites for hydroxylation is 2. The van der Waals surface area contributed by atoms with Crippen molar-refractivity contribution >= 4 is 5.91 Å². The maximum atomic E-state index is 12.4. The number of rotatable bonds is 6. The Morgan fingerprint density at radius 2 is 1.81 bits per heavy atom. The van der Waals surface area contributed by atoms with Crippen molar-refractivity contribution in [2.24, 2.45) is 0 Å². The molecule has 0 aliphatic rings. The van der Waals surface area contributed by atoms with E-state index in [2.05, 4.69) is 31.1 Å². The summed E-state index contributed by atoms with van der Waals surface area (Å²) in [5.41, 5.74) is 5.27. The van der Waals surface area contributed by atoms with E-state index >= 15 is 0 Å². The highest BCUT2D eigenvalue weighted by Crippen LogP contribution is 2.25. The summed E-state index contributed by atoms with van der Waals surface area (Å²) in [6.45, 7) is 7.02. The Kier molecular flexibility index (Phi) is 5.52. The number of hydrogen-bond donors (Lipinski definition) is 0. The molecule has 26 heavy (non-hydrogen) atoms. The summed E-state index contributed by atoms with van der Waals surface area (Å²) in [4.78, 5) is 14.2. The number of hydrogen-bond acceptors (Lipinski definition) is 3. The molecular weight excluding hydrogens is 324 g/mol. The summed E-state index contributed by atoms with van der Waals surface area (Å²) in [5, 5.41) is 4.19. The lowest BCUT2D eigenvalue weighted by atomic mass is 10.0. The first-order valence-corrected chi connectivity index (χ1v) is 8.91. The van der Waals surface area contributed by atoms with Crippen LogP contribution in [0.4, 0.5) is 0 Å². The number of carbonyl (C=O) groups excluding carboxylic acids is 1. The highest BCUT2D eigenvalue weighted by atomic mass is 16.5. The second-order valence-electron chi connectivity index (χ2n) is 6.59. The van der Waals surface area contributed by atoms with Gasteiger partial charge in [-0.1, -0.05) is 66.2 Å². The molecule has 4 nitrogen and oxygen atoms in total. The van der Waals surface area contributed by atoms with Gasteiger partial charge in [-0.3, -0.25) is 4.79 Å². The molecule has 0 fully saturated rings. The molecule has 4 heteroatoms. The highest BCUT2D eigenvalue weighted by molar-refractivity contribution is 5.75. The summed E-state index contributed by atoms with van der Waals surface area (Å²) in [7, 11) is 0. The van der Waals surface area contributed by atoms with Gasteiger partial charge in [-0.15, -0.1) is 0 Å². The fourth-order valence-corrected chi connectivity index (χ4v) is 3.06. The number of aromatic nitrogens is 1. The maximum absolute atomic E-state index is 12.4.